The van der Waals surface area contributed by atoms with Crippen LogP contribution in [0.3, 0.4) is 0 Å². The highest BCUT2D eigenvalue weighted by molar-refractivity contribution is 5.57. The maximum Gasteiger partial charge on any atom is 0.278 e. The molecule has 1 saturated heterocycles. The third-order valence-corrected chi connectivity index (χ3v) is 5.91. The summed E-state index contributed by atoms with van der Waals surface area (Å²) in [6.07, 6.45) is 4.42. The number of benzene rings is 1. The number of likely N-dealkylation sites (N-methyl/N-ethyl adjacent to an activating group) is 1. The lowest BCUT2D eigenvalue weighted by atomic mass is 9.95. The lowest BCUT2D eigenvalue weighted by Gasteiger charge is -2.30. The molecule has 7 heteroatoms. The molecule has 28 heavy (non-hydrogen) atoms. The standard InChI is InChI=1S/C21H26N6O/c1-14-7-9-15(10-8-14)27-17-6-4-3-5-16(17)19(24-27)21-23-20(25-28-21)18-13-22-11-12-26(18)2/h7-10,18,22H,3-6,11-13H2,1-2H3. The number of piperazine rings is 1. The molecule has 1 unspecified atom stereocenters. The molecule has 1 atom stereocenters. The van der Waals surface area contributed by atoms with Gasteiger partial charge in [-0.1, -0.05) is 22.9 Å². The second-order valence-corrected chi connectivity index (χ2v) is 7.89. The SMILES string of the molecule is Cc1ccc(-n2nc(-c3nc(C4CNCCN4C)no3)c3c2CCCC3)cc1. The average Bonchev–Trinajstić information content (AvgIpc) is 3.34. The molecule has 1 aromatic carbocycles. The third-order valence-electron chi connectivity index (χ3n) is 5.91. The lowest BCUT2D eigenvalue weighted by molar-refractivity contribution is 0.190. The van der Waals surface area contributed by atoms with Gasteiger partial charge in [-0.3, -0.25) is 4.90 Å². The van der Waals surface area contributed by atoms with Crippen molar-refractivity contribution in [3.8, 4) is 17.3 Å². The number of hydrogen-bond donors (Lipinski definition) is 1. The van der Waals surface area contributed by atoms with E-state index in [0.717, 1.165) is 49.7 Å². The number of nitrogens with zero attached hydrogens (tertiary/aromatic N) is 5. The fraction of sp³-hybridized carbons (Fsp3) is 0.476. The van der Waals surface area contributed by atoms with Crippen molar-refractivity contribution in [1.82, 2.24) is 30.1 Å². The zero-order valence-corrected chi connectivity index (χ0v) is 16.5. The summed E-state index contributed by atoms with van der Waals surface area (Å²) < 4.78 is 7.77. The number of hydrogen-bond acceptors (Lipinski definition) is 6. The van der Waals surface area contributed by atoms with Crippen LogP contribution in [0.4, 0.5) is 0 Å². The van der Waals surface area contributed by atoms with Gasteiger partial charge >= 0.3 is 0 Å². The molecule has 1 aliphatic carbocycles. The van der Waals surface area contributed by atoms with E-state index in [1.54, 1.807) is 0 Å². The predicted molar refractivity (Wildman–Crippen MR) is 106 cm³/mol. The van der Waals surface area contributed by atoms with E-state index in [4.69, 9.17) is 14.6 Å². The fourth-order valence-corrected chi connectivity index (χ4v) is 4.23. The highest BCUT2D eigenvalue weighted by Gasteiger charge is 2.29. The molecule has 1 fully saturated rings. The summed E-state index contributed by atoms with van der Waals surface area (Å²) in [5, 5.41) is 12.6. The fourth-order valence-electron chi connectivity index (χ4n) is 4.23. The Morgan fingerprint density at radius 1 is 1.14 bits per heavy atom. The van der Waals surface area contributed by atoms with E-state index >= 15 is 0 Å². The van der Waals surface area contributed by atoms with Crippen LogP contribution in [-0.2, 0) is 12.8 Å². The Labute approximate surface area is 164 Å². The van der Waals surface area contributed by atoms with Crippen LogP contribution in [0.5, 0.6) is 0 Å². The zero-order valence-electron chi connectivity index (χ0n) is 16.5. The van der Waals surface area contributed by atoms with E-state index in [9.17, 15) is 0 Å². The first-order valence-electron chi connectivity index (χ1n) is 10.1. The minimum absolute atomic E-state index is 0.140. The molecular weight excluding hydrogens is 352 g/mol. The van der Waals surface area contributed by atoms with Crippen LogP contribution >= 0.6 is 0 Å². The maximum atomic E-state index is 5.70. The molecule has 1 aliphatic heterocycles. The largest absolute Gasteiger partial charge is 0.332 e. The first-order valence-corrected chi connectivity index (χ1v) is 10.1. The molecule has 146 valence electrons. The van der Waals surface area contributed by atoms with Crippen molar-refractivity contribution < 1.29 is 4.52 Å². The second kappa shape index (κ2) is 7.14. The van der Waals surface area contributed by atoms with Crippen LogP contribution in [-0.4, -0.2) is 51.5 Å². The molecule has 3 aromatic rings. The number of nitrogens with one attached hydrogen (secondary N) is 1. The normalized spacial score (nSPS) is 20.3. The van der Waals surface area contributed by atoms with E-state index in [2.05, 4.69) is 58.3 Å². The first-order chi connectivity index (χ1) is 13.7. The highest BCUT2D eigenvalue weighted by Crippen LogP contribution is 2.33. The molecule has 2 aliphatic rings. The highest BCUT2D eigenvalue weighted by atomic mass is 16.5. The van der Waals surface area contributed by atoms with E-state index in [-0.39, 0.29) is 6.04 Å². The summed E-state index contributed by atoms with van der Waals surface area (Å²) in [6, 6.07) is 8.65. The molecule has 7 nitrogen and oxygen atoms in total. The maximum absolute atomic E-state index is 5.70. The van der Waals surface area contributed by atoms with Gasteiger partial charge in [0.1, 0.15) is 0 Å². The number of rotatable bonds is 3. The van der Waals surface area contributed by atoms with Gasteiger partial charge in [0.05, 0.1) is 11.7 Å². The smallest absolute Gasteiger partial charge is 0.278 e. The van der Waals surface area contributed by atoms with Gasteiger partial charge in [0.25, 0.3) is 5.89 Å². The molecule has 5 rings (SSSR count). The van der Waals surface area contributed by atoms with Gasteiger partial charge < -0.3 is 9.84 Å². The lowest BCUT2D eigenvalue weighted by Crippen LogP contribution is -2.44. The van der Waals surface area contributed by atoms with Crippen molar-refractivity contribution in [1.29, 1.82) is 0 Å². The van der Waals surface area contributed by atoms with Gasteiger partial charge in [0.2, 0.25) is 0 Å². The van der Waals surface area contributed by atoms with Crippen molar-refractivity contribution in [2.75, 3.05) is 26.7 Å². The van der Waals surface area contributed by atoms with Crippen molar-refractivity contribution in [3.63, 3.8) is 0 Å². The van der Waals surface area contributed by atoms with Crippen molar-refractivity contribution in [2.45, 2.75) is 38.6 Å². The van der Waals surface area contributed by atoms with Crippen LogP contribution in [0.25, 0.3) is 17.3 Å². The number of fused-ring (bicyclic) bond motifs is 1. The van der Waals surface area contributed by atoms with Crippen molar-refractivity contribution in [2.24, 2.45) is 0 Å². The van der Waals surface area contributed by atoms with E-state index < -0.39 is 0 Å². The minimum atomic E-state index is 0.140. The van der Waals surface area contributed by atoms with Crippen molar-refractivity contribution >= 4 is 0 Å². The molecule has 0 radical (unpaired) electrons. The zero-order chi connectivity index (χ0) is 19.1. The molecule has 0 spiro atoms. The first kappa shape index (κ1) is 17.6. The topological polar surface area (TPSA) is 72.0 Å². The summed E-state index contributed by atoms with van der Waals surface area (Å²) in [5.41, 5.74) is 5.72. The van der Waals surface area contributed by atoms with Gasteiger partial charge in [-0.2, -0.15) is 10.1 Å². The molecule has 0 amide bonds. The molecule has 2 aromatic heterocycles. The summed E-state index contributed by atoms with van der Waals surface area (Å²) in [5.74, 6) is 1.28. The van der Waals surface area contributed by atoms with Gasteiger partial charge in [-0.25, -0.2) is 4.68 Å². The van der Waals surface area contributed by atoms with Crippen LogP contribution < -0.4 is 5.32 Å². The number of aromatic nitrogens is 4. The van der Waals surface area contributed by atoms with E-state index in [1.807, 2.05) is 0 Å². The summed E-state index contributed by atoms with van der Waals surface area (Å²) in [6.45, 7) is 4.91. The third kappa shape index (κ3) is 3.04. The summed E-state index contributed by atoms with van der Waals surface area (Å²) in [7, 11) is 2.11. The van der Waals surface area contributed by atoms with E-state index in [0.29, 0.717) is 5.89 Å². The van der Waals surface area contributed by atoms with Crippen molar-refractivity contribution in [3.05, 3.63) is 46.9 Å². The van der Waals surface area contributed by atoms with Gasteiger partial charge in [-0.05, 0) is 51.8 Å². The Morgan fingerprint density at radius 3 is 2.79 bits per heavy atom. The molecule has 0 bridgehead atoms. The van der Waals surface area contributed by atoms with Gasteiger partial charge in [0, 0.05) is 30.9 Å². The molecule has 1 N–H and O–H groups in total. The Hall–Kier alpha value is -2.51. The number of aryl methyl sites for hydroxylation is 1. The minimum Gasteiger partial charge on any atom is -0.332 e. The summed E-state index contributed by atoms with van der Waals surface area (Å²) >= 11 is 0. The van der Waals surface area contributed by atoms with Crippen LogP contribution in [0.1, 0.15) is 41.5 Å². The second-order valence-electron chi connectivity index (χ2n) is 7.89. The Balaban J connectivity index is 1.54. The Morgan fingerprint density at radius 2 is 1.96 bits per heavy atom. The Kier molecular flexibility index (Phi) is 4.49. The van der Waals surface area contributed by atoms with Gasteiger partial charge in [0.15, 0.2) is 11.5 Å². The van der Waals surface area contributed by atoms with Crippen LogP contribution in [0.2, 0.25) is 0 Å². The molecule has 3 heterocycles. The predicted octanol–water partition coefficient (Wildman–Crippen LogP) is 2.69. The summed E-state index contributed by atoms with van der Waals surface area (Å²) in [4.78, 5) is 7.02. The molecular formula is C21H26N6O. The van der Waals surface area contributed by atoms with E-state index in [1.165, 1.54) is 29.7 Å². The monoisotopic (exact) mass is 378 g/mol. The molecule has 0 saturated carbocycles. The van der Waals surface area contributed by atoms with Gasteiger partial charge in [-0.15, -0.1) is 0 Å². The quantitative estimate of drug-likeness (QED) is 0.756. The van der Waals surface area contributed by atoms with Crippen LogP contribution in [0.15, 0.2) is 28.8 Å². The Bertz CT molecular complexity index is 973. The average molecular weight is 378 g/mol. The van der Waals surface area contributed by atoms with Crippen LogP contribution in [0, 0.1) is 6.92 Å².